The second-order valence-electron chi connectivity index (χ2n) is 7.29. The molecule has 3 aromatic rings. The van der Waals surface area contributed by atoms with E-state index >= 15 is 0 Å². The number of aromatic nitrogens is 3. The second kappa shape index (κ2) is 7.66. The molecule has 1 aromatic carbocycles. The summed E-state index contributed by atoms with van der Waals surface area (Å²) in [7, 11) is 0. The maximum atomic E-state index is 13.0. The third-order valence-electron chi connectivity index (χ3n) is 5.01. The number of esters is 1. The van der Waals surface area contributed by atoms with Crippen LogP contribution in [0, 0.1) is 19.7 Å². The summed E-state index contributed by atoms with van der Waals surface area (Å²) >= 11 is 0. The molecule has 1 fully saturated rings. The van der Waals surface area contributed by atoms with Crippen molar-refractivity contribution in [1.82, 2.24) is 14.8 Å². The number of nitrogens with zero attached hydrogens (tertiary/aromatic N) is 3. The van der Waals surface area contributed by atoms with Gasteiger partial charge < -0.3 is 13.7 Å². The van der Waals surface area contributed by atoms with E-state index in [1.807, 2.05) is 0 Å². The molecule has 0 saturated heterocycles. The molecule has 2 aromatic heterocycles. The van der Waals surface area contributed by atoms with Crippen molar-refractivity contribution >= 4 is 12.0 Å². The standard InChI is InChI=1S/C22H22FN3O3/c1-13-12-17(14(2)26(13)19-9-10-19)6-11-20(27)28-15(3)21-24-25-22(29-21)16-4-7-18(23)8-5-16/h4-8,11-12,15,19H,9-10H2,1-3H3/b11-6+/t15-/m1/s1. The Hall–Kier alpha value is -3.22. The maximum absolute atomic E-state index is 13.0. The van der Waals surface area contributed by atoms with Gasteiger partial charge in [0.25, 0.3) is 5.89 Å². The van der Waals surface area contributed by atoms with E-state index in [0.29, 0.717) is 11.6 Å². The Morgan fingerprint density at radius 2 is 2.00 bits per heavy atom. The van der Waals surface area contributed by atoms with Crippen molar-refractivity contribution in [3.63, 3.8) is 0 Å². The van der Waals surface area contributed by atoms with Crippen LogP contribution in [-0.2, 0) is 9.53 Å². The van der Waals surface area contributed by atoms with Crippen LogP contribution < -0.4 is 0 Å². The molecule has 0 unspecified atom stereocenters. The lowest BCUT2D eigenvalue weighted by atomic mass is 10.2. The van der Waals surface area contributed by atoms with Crippen molar-refractivity contribution < 1.29 is 18.3 Å². The summed E-state index contributed by atoms with van der Waals surface area (Å²) in [6.45, 7) is 5.80. The van der Waals surface area contributed by atoms with E-state index in [0.717, 1.165) is 11.3 Å². The molecule has 0 radical (unpaired) electrons. The van der Waals surface area contributed by atoms with Crippen LogP contribution in [-0.4, -0.2) is 20.7 Å². The minimum atomic E-state index is -0.701. The highest BCUT2D eigenvalue weighted by atomic mass is 19.1. The van der Waals surface area contributed by atoms with Crippen molar-refractivity contribution in [3.8, 4) is 11.5 Å². The fourth-order valence-electron chi connectivity index (χ4n) is 3.40. The Bertz CT molecular complexity index is 1060. The molecule has 6 nitrogen and oxygen atoms in total. The summed E-state index contributed by atoms with van der Waals surface area (Å²) in [5.74, 6) is -0.417. The number of halogens is 1. The normalized spacial score (nSPS) is 15.0. The largest absolute Gasteiger partial charge is 0.449 e. The number of hydrogen-bond donors (Lipinski definition) is 0. The fourth-order valence-corrected chi connectivity index (χ4v) is 3.40. The lowest BCUT2D eigenvalue weighted by Crippen LogP contribution is -2.06. The molecule has 4 rings (SSSR count). The molecular weight excluding hydrogens is 373 g/mol. The summed E-state index contributed by atoms with van der Waals surface area (Å²) in [6, 6.07) is 8.39. The van der Waals surface area contributed by atoms with Crippen LogP contribution in [0.5, 0.6) is 0 Å². The number of rotatable bonds is 6. The van der Waals surface area contributed by atoms with Crippen molar-refractivity contribution in [2.45, 2.75) is 45.8 Å². The van der Waals surface area contributed by atoms with Crippen molar-refractivity contribution in [2.24, 2.45) is 0 Å². The number of ether oxygens (including phenoxy) is 1. The van der Waals surface area contributed by atoms with Gasteiger partial charge in [-0.15, -0.1) is 10.2 Å². The van der Waals surface area contributed by atoms with Crippen molar-refractivity contribution in [3.05, 3.63) is 65.1 Å². The number of carbonyl (C=O) groups excluding carboxylic acids is 1. The second-order valence-corrected chi connectivity index (χ2v) is 7.29. The third kappa shape index (κ3) is 4.13. The number of carbonyl (C=O) groups is 1. The third-order valence-corrected chi connectivity index (χ3v) is 5.01. The predicted octanol–water partition coefficient (Wildman–Crippen LogP) is 4.95. The lowest BCUT2D eigenvalue weighted by molar-refractivity contribution is -0.143. The Morgan fingerprint density at radius 1 is 1.28 bits per heavy atom. The van der Waals surface area contributed by atoms with Gasteiger partial charge in [-0.05, 0) is 75.6 Å². The summed E-state index contributed by atoms with van der Waals surface area (Å²) in [6.07, 6.45) is 4.90. The molecule has 0 aliphatic heterocycles. The number of aryl methyl sites for hydroxylation is 1. The quantitative estimate of drug-likeness (QED) is 0.436. The summed E-state index contributed by atoms with van der Waals surface area (Å²) in [4.78, 5) is 12.2. The van der Waals surface area contributed by atoms with Crippen molar-refractivity contribution in [1.29, 1.82) is 0 Å². The molecule has 1 atom stereocenters. The average molecular weight is 395 g/mol. The Balaban J connectivity index is 1.40. The van der Waals surface area contributed by atoms with Gasteiger partial charge in [0.1, 0.15) is 5.82 Å². The van der Waals surface area contributed by atoms with E-state index in [-0.39, 0.29) is 17.6 Å². The van der Waals surface area contributed by atoms with E-state index in [2.05, 4.69) is 34.7 Å². The highest BCUT2D eigenvalue weighted by Crippen LogP contribution is 2.38. The van der Waals surface area contributed by atoms with E-state index < -0.39 is 12.1 Å². The molecule has 7 heteroatoms. The zero-order chi connectivity index (χ0) is 20.5. The topological polar surface area (TPSA) is 70.2 Å². The van der Waals surface area contributed by atoms with Gasteiger partial charge in [0, 0.05) is 29.1 Å². The first-order valence-corrected chi connectivity index (χ1v) is 9.59. The Kier molecular flexibility index (Phi) is 5.05. The lowest BCUT2D eigenvalue weighted by Gasteiger charge is -2.07. The van der Waals surface area contributed by atoms with E-state index in [1.54, 1.807) is 25.1 Å². The van der Waals surface area contributed by atoms with Crippen LogP contribution >= 0.6 is 0 Å². The van der Waals surface area contributed by atoms with E-state index in [4.69, 9.17) is 9.15 Å². The highest BCUT2D eigenvalue weighted by Gasteiger charge is 2.26. The first kappa shape index (κ1) is 19.1. The molecule has 0 N–H and O–H groups in total. The zero-order valence-electron chi connectivity index (χ0n) is 16.6. The molecule has 0 spiro atoms. The monoisotopic (exact) mass is 395 g/mol. The van der Waals surface area contributed by atoms with Gasteiger partial charge in [0.05, 0.1) is 0 Å². The van der Waals surface area contributed by atoms with Gasteiger partial charge in [-0.1, -0.05) is 0 Å². The molecule has 1 aliphatic rings. The van der Waals surface area contributed by atoms with E-state index in [1.165, 1.54) is 36.7 Å². The van der Waals surface area contributed by atoms with Crippen LogP contribution in [0.3, 0.4) is 0 Å². The van der Waals surface area contributed by atoms with Gasteiger partial charge in [-0.2, -0.15) is 0 Å². The van der Waals surface area contributed by atoms with Gasteiger partial charge in [-0.3, -0.25) is 0 Å². The van der Waals surface area contributed by atoms with Gasteiger partial charge >= 0.3 is 5.97 Å². The molecule has 29 heavy (non-hydrogen) atoms. The van der Waals surface area contributed by atoms with Crippen LogP contribution in [0.4, 0.5) is 4.39 Å². The predicted molar refractivity (Wildman–Crippen MR) is 105 cm³/mol. The molecule has 1 saturated carbocycles. The van der Waals surface area contributed by atoms with E-state index in [9.17, 15) is 9.18 Å². The van der Waals surface area contributed by atoms with Crippen LogP contribution in [0.15, 0.2) is 40.8 Å². The maximum Gasteiger partial charge on any atom is 0.331 e. The summed E-state index contributed by atoms with van der Waals surface area (Å²) < 4.78 is 26.3. The van der Waals surface area contributed by atoms with Gasteiger partial charge in [0.15, 0.2) is 6.10 Å². The number of hydrogen-bond acceptors (Lipinski definition) is 5. The SMILES string of the molecule is Cc1cc(/C=C/C(=O)O[C@H](C)c2nnc(-c3ccc(F)cc3)o2)c(C)n1C1CC1. The number of benzene rings is 1. The minimum Gasteiger partial charge on any atom is -0.449 e. The highest BCUT2D eigenvalue weighted by molar-refractivity contribution is 5.87. The van der Waals surface area contributed by atoms with Gasteiger partial charge in [0.2, 0.25) is 5.89 Å². The first-order chi connectivity index (χ1) is 13.9. The van der Waals surface area contributed by atoms with Gasteiger partial charge in [-0.25, -0.2) is 9.18 Å². The van der Waals surface area contributed by atoms with Crippen molar-refractivity contribution in [2.75, 3.05) is 0 Å². The molecule has 1 aliphatic carbocycles. The first-order valence-electron chi connectivity index (χ1n) is 9.59. The van der Waals surface area contributed by atoms with Crippen LogP contribution in [0.2, 0.25) is 0 Å². The fraction of sp³-hybridized carbons (Fsp3) is 0.318. The molecular formula is C22H22FN3O3. The Labute approximate surface area is 168 Å². The summed E-state index contributed by atoms with van der Waals surface area (Å²) in [5.41, 5.74) is 3.96. The molecule has 150 valence electrons. The molecule has 0 bridgehead atoms. The van der Waals surface area contributed by atoms with Crippen LogP contribution in [0.1, 0.15) is 54.8 Å². The minimum absolute atomic E-state index is 0.179. The summed E-state index contributed by atoms with van der Waals surface area (Å²) in [5, 5.41) is 7.86. The smallest absolute Gasteiger partial charge is 0.331 e. The molecule has 2 heterocycles. The zero-order valence-corrected chi connectivity index (χ0v) is 16.6. The Morgan fingerprint density at radius 3 is 2.69 bits per heavy atom. The van der Waals surface area contributed by atoms with Crippen LogP contribution in [0.25, 0.3) is 17.5 Å². The molecule has 0 amide bonds. The average Bonchev–Trinajstić information content (AvgIpc) is 3.31.